The third-order valence-electron chi connectivity index (χ3n) is 6.57. The molecule has 0 amide bonds. The topological polar surface area (TPSA) is 115 Å². The van der Waals surface area contributed by atoms with Crippen molar-refractivity contribution in [2.24, 2.45) is 0 Å². The molecule has 35 heavy (non-hydrogen) atoms. The molecule has 0 radical (unpaired) electrons. The van der Waals surface area contributed by atoms with E-state index in [-0.39, 0.29) is 6.54 Å². The fourth-order valence-corrected chi connectivity index (χ4v) is 4.65. The van der Waals surface area contributed by atoms with E-state index in [4.69, 9.17) is 10.2 Å². The van der Waals surface area contributed by atoms with Gasteiger partial charge in [0.2, 0.25) is 0 Å². The summed E-state index contributed by atoms with van der Waals surface area (Å²) in [7, 11) is 0. The van der Waals surface area contributed by atoms with Gasteiger partial charge in [0.05, 0.1) is 12.5 Å². The van der Waals surface area contributed by atoms with Crippen LogP contribution in [-0.4, -0.2) is 58.8 Å². The molecular weight excluding hydrogens is 446 g/mol. The third-order valence-corrected chi connectivity index (χ3v) is 6.57. The highest BCUT2D eigenvalue weighted by Gasteiger charge is 2.33. The Morgan fingerprint density at radius 3 is 1.34 bits per heavy atom. The molecule has 0 aliphatic carbocycles. The van der Waals surface area contributed by atoms with E-state index in [1.54, 1.807) is 0 Å². The van der Waals surface area contributed by atoms with Crippen molar-refractivity contribution in [1.29, 1.82) is 0 Å². The molecule has 0 unspecified atom stereocenters. The fraction of sp³-hybridized carbons (Fsp3) is 0.821. The van der Waals surface area contributed by atoms with E-state index in [9.17, 15) is 19.5 Å². The molecule has 0 saturated heterocycles. The number of hydrogen-bond donors (Lipinski definition) is 2. The van der Waals surface area contributed by atoms with Gasteiger partial charge in [0.25, 0.3) is 0 Å². The van der Waals surface area contributed by atoms with Gasteiger partial charge in [0.15, 0.2) is 13.1 Å². The van der Waals surface area contributed by atoms with Crippen molar-refractivity contribution >= 4 is 17.9 Å². The second kappa shape index (κ2) is 22.6. The average molecular weight is 498 g/mol. The summed E-state index contributed by atoms with van der Waals surface area (Å²) >= 11 is 0. The first-order chi connectivity index (χ1) is 16.8. The van der Waals surface area contributed by atoms with Gasteiger partial charge in [-0.2, -0.15) is 0 Å². The molecule has 0 aromatic rings. The van der Waals surface area contributed by atoms with Gasteiger partial charge in [-0.15, -0.1) is 0 Å². The van der Waals surface area contributed by atoms with Crippen LogP contribution in [0.25, 0.3) is 0 Å². The van der Waals surface area contributed by atoms with Gasteiger partial charge >= 0.3 is 11.9 Å². The lowest BCUT2D eigenvalue weighted by atomic mass is 10.0. The van der Waals surface area contributed by atoms with Gasteiger partial charge in [-0.3, -0.25) is 0 Å². The van der Waals surface area contributed by atoms with Gasteiger partial charge < -0.3 is 24.6 Å². The predicted octanol–water partition coefficient (Wildman–Crippen LogP) is 5.32. The number of carbonyl (C=O) groups is 3. The van der Waals surface area contributed by atoms with Crippen LogP contribution in [0.5, 0.6) is 0 Å². The maximum absolute atomic E-state index is 11.1. The lowest BCUT2D eigenvalue weighted by Crippen LogP contribution is -2.59. The summed E-state index contributed by atoms with van der Waals surface area (Å²) in [4.78, 5) is 33.4. The minimum atomic E-state index is -1.44. The highest BCUT2D eigenvalue weighted by Crippen LogP contribution is 2.14. The maximum Gasteiger partial charge on any atom is 0.359 e. The molecule has 0 aliphatic heterocycles. The van der Waals surface area contributed by atoms with Crippen molar-refractivity contribution in [3.63, 3.8) is 0 Å². The lowest BCUT2D eigenvalue weighted by molar-refractivity contribution is -0.908. The molecule has 0 atom stereocenters. The zero-order valence-electron chi connectivity index (χ0n) is 22.2. The Hall–Kier alpha value is -1.89. The second-order valence-electron chi connectivity index (χ2n) is 10.1. The molecule has 0 bridgehead atoms. The fourth-order valence-electron chi connectivity index (χ4n) is 4.65. The maximum atomic E-state index is 11.1. The molecule has 0 heterocycles. The third kappa shape index (κ3) is 22.3. The van der Waals surface area contributed by atoms with Crippen molar-refractivity contribution < 1.29 is 34.2 Å². The minimum absolute atomic E-state index is 0.141. The van der Waals surface area contributed by atoms with Gasteiger partial charge in [0.1, 0.15) is 6.54 Å². The van der Waals surface area contributed by atoms with Gasteiger partial charge in [-0.1, -0.05) is 115 Å². The quantitative estimate of drug-likeness (QED) is 0.0949. The number of allylic oxidation sites excluding steroid dienone is 1. The Kier molecular flexibility index (Phi) is 21.3. The zero-order valence-corrected chi connectivity index (χ0v) is 22.2. The number of aliphatic carboxylic acids is 3. The zero-order chi connectivity index (χ0) is 26.2. The first kappa shape index (κ1) is 33.1. The predicted molar refractivity (Wildman–Crippen MR) is 138 cm³/mol. The van der Waals surface area contributed by atoms with Crippen molar-refractivity contribution in [3.8, 4) is 0 Å². The molecule has 0 aromatic heterocycles. The van der Waals surface area contributed by atoms with E-state index in [2.05, 4.69) is 6.92 Å². The summed E-state index contributed by atoms with van der Waals surface area (Å²) in [5, 5.41) is 29.3. The summed E-state index contributed by atoms with van der Waals surface area (Å²) < 4.78 is -0.545. The molecule has 0 rings (SSSR count). The summed E-state index contributed by atoms with van der Waals surface area (Å²) in [6.07, 6.45) is 26.6. The monoisotopic (exact) mass is 497 g/mol. The minimum Gasteiger partial charge on any atom is -0.544 e. The Labute approximate surface area is 213 Å². The average Bonchev–Trinajstić information content (AvgIpc) is 2.76. The van der Waals surface area contributed by atoms with Crippen molar-refractivity contribution in [2.45, 2.75) is 122 Å². The summed E-state index contributed by atoms with van der Waals surface area (Å²) in [5.41, 5.74) is 0. The number of carboxylic acids is 3. The Bertz CT molecular complexity index is 549. The van der Waals surface area contributed by atoms with Gasteiger partial charge in [-0.25, -0.2) is 9.59 Å². The van der Waals surface area contributed by atoms with E-state index in [0.29, 0.717) is 6.42 Å². The number of carbonyl (C=O) groups excluding carboxylic acids is 1. The molecule has 2 N–H and O–H groups in total. The summed E-state index contributed by atoms with van der Waals surface area (Å²) in [5.74, 6) is -3.88. The normalized spacial score (nSPS) is 11.8. The molecule has 0 spiro atoms. The molecular formula is C28H51NO6. The van der Waals surface area contributed by atoms with Crippen LogP contribution < -0.4 is 5.11 Å². The molecule has 7 heteroatoms. The molecule has 0 fully saturated rings. The van der Waals surface area contributed by atoms with Crippen molar-refractivity contribution in [1.82, 2.24) is 0 Å². The largest absolute Gasteiger partial charge is 0.544 e. The SMILES string of the molecule is CCCCCCCCCCCCCCCCCC/C=C/CC[N+](CC(=O)[O-])(CC(=O)O)CC(=O)O. The number of hydrogen-bond acceptors (Lipinski definition) is 4. The molecule has 0 aromatic carbocycles. The van der Waals surface area contributed by atoms with Gasteiger partial charge in [0, 0.05) is 6.42 Å². The van der Waals surface area contributed by atoms with Crippen LogP contribution in [0.1, 0.15) is 122 Å². The molecule has 7 nitrogen and oxygen atoms in total. The highest BCUT2D eigenvalue weighted by molar-refractivity contribution is 5.72. The lowest BCUT2D eigenvalue weighted by Gasteiger charge is -2.35. The van der Waals surface area contributed by atoms with Crippen LogP contribution in [0.2, 0.25) is 0 Å². The molecule has 0 aliphatic rings. The smallest absolute Gasteiger partial charge is 0.359 e. The van der Waals surface area contributed by atoms with Crippen LogP contribution in [0.3, 0.4) is 0 Å². The number of nitrogens with zero attached hydrogens (tertiary/aromatic N) is 1. The highest BCUT2D eigenvalue weighted by atomic mass is 16.4. The van der Waals surface area contributed by atoms with Crippen LogP contribution >= 0.6 is 0 Å². The second-order valence-corrected chi connectivity index (χ2v) is 10.1. The van der Waals surface area contributed by atoms with Crippen LogP contribution in [0, 0.1) is 0 Å². The van der Waals surface area contributed by atoms with Crippen LogP contribution in [0.15, 0.2) is 12.2 Å². The molecule has 0 saturated carbocycles. The number of rotatable bonds is 26. The number of quaternary nitrogens is 1. The Morgan fingerprint density at radius 1 is 0.600 bits per heavy atom. The summed E-state index contributed by atoms with van der Waals surface area (Å²) in [6.45, 7) is 0.686. The number of carboxylic acid groups (broad SMARTS) is 3. The standard InChI is InChI=1S/C28H51NO6/c1-2-3-4-5-6-7-8-9-10-11-12-13-14-15-16-17-18-19-20-21-22-29(23-26(30)31,24-27(32)33)25-28(34)35/h19-20H,2-18,21-25H2,1H3,(H2-,30,31,32,33,34,35)/b20-19+. The van der Waals surface area contributed by atoms with Crippen molar-refractivity contribution in [3.05, 3.63) is 12.2 Å². The van der Waals surface area contributed by atoms with Crippen molar-refractivity contribution in [2.75, 3.05) is 26.2 Å². The Morgan fingerprint density at radius 2 is 0.971 bits per heavy atom. The Balaban J connectivity index is 3.76. The summed E-state index contributed by atoms with van der Waals surface area (Å²) in [6, 6.07) is 0. The van der Waals surface area contributed by atoms with E-state index < -0.39 is 42.0 Å². The number of unbranched alkanes of at least 4 members (excludes halogenated alkanes) is 16. The first-order valence-electron chi connectivity index (χ1n) is 13.9. The van der Waals surface area contributed by atoms with E-state index >= 15 is 0 Å². The van der Waals surface area contributed by atoms with Crippen LogP contribution in [0.4, 0.5) is 0 Å². The van der Waals surface area contributed by atoms with Crippen LogP contribution in [-0.2, 0) is 14.4 Å². The van der Waals surface area contributed by atoms with Gasteiger partial charge in [-0.05, 0) is 12.8 Å². The molecule has 204 valence electrons. The van der Waals surface area contributed by atoms with E-state index in [1.165, 1.54) is 96.3 Å². The van der Waals surface area contributed by atoms with E-state index in [0.717, 1.165) is 12.8 Å². The van der Waals surface area contributed by atoms with E-state index in [1.807, 2.05) is 12.2 Å². The first-order valence-corrected chi connectivity index (χ1v) is 13.9.